The summed E-state index contributed by atoms with van der Waals surface area (Å²) >= 11 is 0. The Morgan fingerprint density at radius 1 is 1.20 bits per heavy atom. The van der Waals surface area contributed by atoms with Gasteiger partial charge in [-0.1, -0.05) is 33.1 Å². The van der Waals surface area contributed by atoms with E-state index >= 15 is 0 Å². The molecule has 2 fully saturated rings. The predicted octanol–water partition coefficient (Wildman–Crippen LogP) is 3.55. The van der Waals surface area contributed by atoms with Crippen molar-refractivity contribution in [1.82, 2.24) is 14.9 Å². The van der Waals surface area contributed by atoms with Crippen LogP contribution in [0.25, 0.3) is 0 Å². The summed E-state index contributed by atoms with van der Waals surface area (Å²) in [6.07, 6.45) is 9.44. The van der Waals surface area contributed by atoms with Gasteiger partial charge in [-0.2, -0.15) is 0 Å². The minimum Gasteiger partial charge on any atom is -0.328 e. The molecule has 2 saturated carbocycles. The third kappa shape index (κ3) is 2.02. The fourth-order valence-electron chi connectivity index (χ4n) is 4.23. The summed E-state index contributed by atoms with van der Waals surface area (Å²) in [6.45, 7) is 6.93. The van der Waals surface area contributed by atoms with Crippen LogP contribution >= 0.6 is 0 Å². The van der Waals surface area contributed by atoms with E-state index in [1.54, 1.807) is 5.69 Å². The molecule has 1 atom stereocenters. The van der Waals surface area contributed by atoms with Crippen LogP contribution in [-0.4, -0.2) is 16.1 Å². The van der Waals surface area contributed by atoms with Crippen molar-refractivity contribution in [3.05, 3.63) is 17.2 Å². The molecule has 2 heterocycles. The summed E-state index contributed by atoms with van der Waals surface area (Å²) in [5.41, 5.74) is 3.39. The Labute approximate surface area is 122 Å². The van der Waals surface area contributed by atoms with Crippen molar-refractivity contribution >= 4 is 0 Å². The van der Waals surface area contributed by atoms with Gasteiger partial charge in [-0.05, 0) is 24.7 Å². The molecule has 3 heteroatoms. The van der Waals surface area contributed by atoms with Crippen LogP contribution in [0.5, 0.6) is 0 Å². The highest BCUT2D eigenvalue weighted by Crippen LogP contribution is 2.57. The first-order chi connectivity index (χ1) is 9.67. The number of hydrogen-bond donors (Lipinski definition) is 1. The molecule has 0 amide bonds. The minimum atomic E-state index is 0.489. The van der Waals surface area contributed by atoms with Crippen LogP contribution in [0, 0.1) is 5.41 Å². The molecule has 20 heavy (non-hydrogen) atoms. The number of hydrogen-bond acceptors (Lipinski definition) is 2. The largest absolute Gasteiger partial charge is 0.328 e. The van der Waals surface area contributed by atoms with E-state index < -0.39 is 0 Å². The van der Waals surface area contributed by atoms with Crippen molar-refractivity contribution in [2.45, 2.75) is 77.3 Å². The van der Waals surface area contributed by atoms with E-state index in [0.717, 1.165) is 19.0 Å². The van der Waals surface area contributed by atoms with Gasteiger partial charge in [0.15, 0.2) is 0 Å². The fourth-order valence-corrected chi connectivity index (χ4v) is 4.23. The van der Waals surface area contributed by atoms with Gasteiger partial charge in [0.2, 0.25) is 0 Å². The maximum absolute atomic E-state index is 5.10. The standard InChI is InChI=1S/C17H27N3/c1-17(2)10-15(17)20-14-8-9-18-11-13(14)19-16(20)12-6-4-3-5-7-12/h12,15,18H,3-11H2,1-2H3. The van der Waals surface area contributed by atoms with Crippen molar-refractivity contribution in [2.75, 3.05) is 6.54 Å². The zero-order chi connectivity index (χ0) is 13.7. The lowest BCUT2D eigenvalue weighted by molar-refractivity contribution is 0.404. The molecule has 110 valence electrons. The molecule has 2 aliphatic carbocycles. The average Bonchev–Trinajstić information content (AvgIpc) is 2.94. The summed E-state index contributed by atoms with van der Waals surface area (Å²) < 4.78 is 2.69. The smallest absolute Gasteiger partial charge is 0.112 e. The van der Waals surface area contributed by atoms with E-state index in [9.17, 15) is 0 Å². The molecular weight excluding hydrogens is 246 g/mol. The maximum Gasteiger partial charge on any atom is 0.112 e. The Balaban J connectivity index is 1.75. The highest BCUT2D eigenvalue weighted by molar-refractivity contribution is 5.26. The highest BCUT2D eigenvalue weighted by Gasteiger charge is 2.49. The number of rotatable bonds is 2. The van der Waals surface area contributed by atoms with Crippen molar-refractivity contribution < 1.29 is 0 Å². The van der Waals surface area contributed by atoms with E-state index in [1.165, 1.54) is 56.5 Å². The molecule has 1 aliphatic heterocycles. The average molecular weight is 273 g/mol. The number of nitrogens with one attached hydrogen (secondary N) is 1. The van der Waals surface area contributed by atoms with E-state index in [-0.39, 0.29) is 0 Å². The molecule has 0 bridgehead atoms. The van der Waals surface area contributed by atoms with Crippen LogP contribution in [0.4, 0.5) is 0 Å². The molecule has 0 radical (unpaired) electrons. The Morgan fingerprint density at radius 2 is 1.95 bits per heavy atom. The van der Waals surface area contributed by atoms with Gasteiger partial charge in [-0.25, -0.2) is 4.98 Å². The molecule has 0 saturated heterocycles. The van der Waals surface area contributed by atoms with E-state index in [2.05, 4.69) is 23.7 Å². The zero-order valence-corrected chi connectivity index (χ0v) is 12.9. The van der Waals surface area contributed by atoms with Crippen LogP contribution in [0.1, 0.15) is 81.5 Å². The van der Waals surface area contributed by atoms with Gasteiger partial charge in [0.25, 0.3) is 0 Å². The van der Waals surface area contributed by atoms with Crippen LogP contribution in [-0.2, 0) is 13.0 Å². The lowest BCUT2D eigenvalue weighted by Crippen LogP contribution is -2.25. The lowest BCUT2D eigenvalue weighted by Gasteiger charge is -2.24. The molecule has 0 spiro atoms. The monoisotopic (exact) mass is 273 g/mol. The van der Waals surface area contributed by atoms with Gasteiger partial charge in [-0.3, -0.25) is 0 Å². The Bertz CT molecular complexity index is 509. The molecule has 1 aromatic heterocycles. The van der Waals surface area contributed by atoms with Gasteiger partial charge in [0.1, 0.15) is 5.82 Å². The summed E-state index contributed by atoms with van der Waals surface area (Å²) in [4.78, 5) is 5.10. The second-order valence-electron chi connectivity index (χ2n) is 7.70. The highest BCUT2D eigenvalue weighted by atomic mass is 15.2. The zero-order valence-electron chi connectivity index (χ0n) is 12.9. The first-order valence-corrected chi connectivity index (χ1v) is 8.47. The maximum atomic E-state index is 5.10. The van der Waals surface area contributed by atoms with Crippen LogP contribution in [0.2, 0.25) is 0 Å². The van der Waals surface area contributed by atoms with Gasteiger partial charge in [-0.15, -0.1) is 0 Å². The van der Waals surface area contributed by atoms with Crippen LogP contribution in [0.15, 0.2) is 0 Å². The van der Waals surface area contributed by atoms with Crippen LogP contribution in [0.3, 0.4) is 0 Å². The first kappa shape index (κ1) is 12.9. The van der Waals surface area contributed by atoms with Crippen molar-refractivity contribution in [3.8, 4) is 0 Å². The Hall–Kier alpha value is -0.830. The van der Waals surface area contributed by atoms with Gasteiger partial charge >= 0.3 is 0 Å². The second-order valence-corrected chi connectivity index (χ2v) is 7.70. The number of fused-ring (bicyclic) bond motifs is 1. The summed E-state index contributed by atoms with van der Waals surface area (Å²) in [5, 5.41) is 3.49. The summed E-state index contributed by atoms with van der Waals surface area (Å²) in [5.74, 6) is 2.17. The quantitative estimate of drug-likeness (QED) is 0.893. The van der Waals surface area contributed by atoms with Gasteiger partial charge in [0.05, 0.1) is 5.69 Å². The van der Waals surface area contributed by atoms with Crippen LogP contribution < -0.4 is 5.32 Å². The third-order valence-electron chi connectivity index (χ3n) is 5.69. The Morgan fingerprint density at radius 3 is 2.65 bits per heavy atom. The van der Waals surface area contributed by atoms with Crippen molar-refractivity contribution in [3.63, 3.8) is 0 Å². The first-order valence-electron chi connectivity index (χ1n) is 8.47. The molecule has 3 nitrogen and oxygen atoms in total. The normalized spacial score (nSPS) is 29.2. The second kappa shape index (κ2) is 4.59. The SMILES string of the molecule is CC1(C)CC1n1c(C2CCCCC2)nc2c1CCNC2. The third-order valence-corrected chi connectivity index (χ3v) is 5.69. The molecule has 4 rings (SSSR count). The number of aromatic nitrogens is 2. The van der Waals surface area contributed by atoms with Crippen molar-refractivity contribution in [2.24, 2.45) is 5.41 Å². The molecule has 3 aliphatic rings. The molecular formula is C17H27N3. The van der Waals surface area contributed by atoms with E-state index in [4.69, 9.17) is 4.98 Å². The summed E-state index contributed by atoms with van der Waals surface area (Å²) in [6, 6.07) is 0.716. The number of nitrogens with zero attached hydrogens (tertiary/aromatic N) is 2. The molecule has 1 unspecified atom stereocenters. The molecule has 1 N–H and O–H groups in total. The minimum absolute atomic E-state index is 0.489. The lowest BCUT2D eigenvalue weighted by atomic mass is 9.88. The van der Waals surface area contributed by atoms with Crippen molar-refractivity contribution in [1.29, 1.82) is 0 Å². The van der Waals surface area contributed by atoms with E-state index in [1.807, 2.05) is 0 Å². The van der Waals surface area contributed by atoms with Gasteiger partial charge < -0.3 is 9.88 Å². The number of imidazole rings is 1. The Kier molecular flexibility index (Phi) is 2.95. The fraction of sp³-hybridized carbons (Fsp3) is 0.824. The molecule has 0 aromatic carbocycles. The topological polar surface area (TPSA) is 29.9 Å². The predicted molar refractivity (Wildman–Crippen MR) is 80.9 cm³/mol. The summed E-state index contributed by atoms with van der Waals surface area (Å²) in [7, 11) is 0. The van der Waals surface area contributed by atoms with E-state index in [0.29, 0.717) is 11.5 Å². The van der Waals surface area contributed by atoms with Gasteiger partial charge in [0, 0.05) is 37.2 Å². The molecule has 1 aromatic rings.